The van der Waals surface area contributed by atoms with Crippen LogP contribution in [0.3, 0.4) is 0 Å². The van der Waals surface area contributed by atoms with Crippen molar-refractivity contribution in [2.75, 3.05) is 7.11 Å². The van der Waals surface area contributed by atoms with Gasteiger partial charge in [0.2, 0.25) is 0 Å². The summed E-state index contributed by atoms with van der Waals surface area (Å²) < 4.78 is 18.8. The van der Waals surface area contributed by atoms with Gasteiger partial charge in [-0.1, -0.05) is 66.7 Å². The van der Waals surface area contributed by atoms with Crippen molar-refractivity contribution in [2.24, 2.45) is 0 Å². The zero-order chi connectivity index (χ0) is 17.0. The van der Waals surface area contributed by atoms with E-state index in [0.717, 1.165) is 0 Å². The van der Waals surface area contributed by atoms with Gasteiger partial charge in [0, 0.05) is 10.6 Å². The number of carbonyl (C=O) groups is 1. The molecule has 0 aliphatic rings. The zero-order valence-corrected chi connectivity index (χ0v) is 14.0. The Labute approximate surface area is 140 Å². The van der Waals surface area contributed by atoms with Crippen LogP contribution in [0.25, 0.3) is 0 Å². The van der Waals surface area contributed by atoms with Crippen LogP contribution in [0.5, 0.6) is 0 Å². The molecule has 0 bridgehead atoms. The maximum atomic E-state index is 14.1. The molecule has 0 saturated carbocycles. The molecule has 0 N–H and O–H groups in total. The molecule has 0 spiro atoms. The summed E-state index contributed by atoms with van der Waals surface area (Å²) in [5, 5.41) is 1.34. The molecule has 2 aromatic carbocycles. The minimum atomic E-state index is -3.17. The lowest BCUT2D eigenvalue weighted by Crippen LogP contribution is -2.28. The predicted molar refractivity (Wildman–Crippen MR) is 95.0 cm³/mol. The smallest absolute Gasteiger partial charge is 0.356 e. The second-order valence-corrected chi connectivity index (χ2v) is 7.86. The van der Waals surface area contributed by atoms with Gasteiger partial charge in [0.25, 0.3) is 0 Å². The van der Waals surface area contributed by atoms with Crippen LogP contribution in [-0.4, -0.2) is 18.1 Å². The van der Waals surface area contributed by atoms with E-state index >= 15 is 0 Å². The van der Waals surface area contributed by atoms with E-state index in [0.29, 0.717) is 16.0 Å². The quantitative estimate of drug-likeness (QED) is 0.542. The van der Waals surface area contributed by atoms with Crippen LogP contribution in [0, 0.1) is 0 Å². The van der Waals surface area contributed by atoms with E-state index in [1.54, 1.807) is 18.2 Å². The fourth-order valence-electron chi connectivity index (χ4n) is 2.51. The van der Waals surface area contributed by atoms with Crippen LogP contribution in [0.1, 0.15) is 10.5 Å². The van der Waals surface area contributed by atoms with Crippen molar-refractivity contribution in [3.63, 3.8) is 0 Å². The van der Waals surface area contributed by atoms with Gasteiger partial charge in [-0.15, -0.1) is 0 Å². The Morgan fingerprint density at radius 1 is 0.833 bits per heavy atom. The molecule has 120 valence electrons. The monoisotopic (exact) mass is 337 g/mol. The molecular weight excluding hydrogens is 321 g/mol. The van der Waals surface area contributed by atoms with Crippen LogP contribution in [-0.2, 0) is 9.30 Å². The number of ether oxygens (including phenoxy) is 1. The number of hydrogen-bond acceptors (Lipinski definition) is 4. The summed E-state index contributed by atoms with van der Waals surface area (Å²) in [6.07, 6.45) is 0. The topological polar surface area (TPSA) is 56.3 Å². The number of carbonyl (C=O) groups excluding carboxylic acids is 1. The van der Waals surface area contributed by atoms with E-state index in [1.807, 2.05) is 60.7 Å². The fraction of sp³-hybridized carbons (Fsp3) is 0.0526. The summed E-state index contributed by atoms with van der Waals surface area (Å²) in [6.45, 7) is 0. The number of hydrogen-bond donors (Lipinski definition) is 0. The Morgan fingerprint density at radius 3 is 1.88 bits per heavy atom. The summed E-state index contributed by atoms with van der Waals surface area (Å²) in [6, 6.07) is 23.3. The highest BCUT2D eigenvalue weighted by Crippen LogP contribution is 2.41. The maximum Gasteiger partial charge on any atom is 0.356 e. The van der Waals surface area contributed by atoms with Crippen molar-refractivity contribution >= 4 is 29.2 Å². The Balaban J connectivity index is 2.24. The van der Waals surface area contributed by atoms with Crippen LogP contribution in [0.15, 0.2) is 78.9 Å². The minimum absolute atomic E-state index is 0.141. The highest BCUT2D eigenvalue weighted by atomic mass is 31.2. The number of methoxy groups -OCH3 is 1. The lowest BCUT2D eigenvalue weighted by atomic mass is 10.3. The van der Waals surface area contributed by atoms with Crippen molar-refractivity contribution in [2.45, 2.75) is 0 Å². The zero-order valence-electron chi connectivity index (χ0n) is 13.1. The first-order valence-electron chi connectivity index (χ1n) is 7.43. The molecule has 0 aliphatic carbocycles. The van der Waals surface area contributed by atoms with Gasteiger partial charge >= 0.3 is 5.97 Å². The molecule has 0 aliphatic heterocycles. The van der Waals surface area contributed by atoms with Crippen molar-refractivity contribution in [3.8, 4) is 0 Å². The van der Waals surface area contributed by atoms with Gasteiger partial charge in [-0.3, -0.25) is 0 Å². The second-order valence-electron chi connectivity index (χ2n) is 5.15. The Kier molecular flexibility index (Phi) is 4.59. The predicted octanol–water partition coefficient (Wildman–Crippen LogP) is 2.51. The van der Waals surface area contributed by atoms with Crippen LogP contribution in [0.2, 0.25) is 0 Å². The van der Waals surface area contributed by atoms with Crippen molar-refractivity contribution in [1.82, 2.24) is 4.98 Å². The molecule has 0 amide bonds. The van der Waals surface area contributed by atoms with Gasteiger partial charge < -0.3 is 9.30 Å². The molecule has 0 radical (unpaired) electrons. The lowest BCUT2D eigenvalue weighted by molar-refractivity contribution is 0.0594. The van der Waals surface area contributed by atoms with Gasteiger partial charge in [0.15, 0.2) is 7.14 Å². The van der Waals surface area contributed by atoms with Crippen molar-refractivity contribution in [3.05, 3.63) is 84.6 Å². The van der Waals surface area contributed by atoms with E-state index in [9.17, 15) is 9.36 Å². The number of benzene rings is 2. The van der Waals surface area contributed by atoms with Crippen LogP contribution >= 0.6 is 7.14 Å². The molecular formula is C19H16NO3P. The third kappa shape index (κ3) is 2.89. The number of rotatable bonds is 4. The summed E-state index contributed by atoms with van der Waals surface area (Å²) >= 11 is 0. The molecule has 1 aromatic heterocycles. The summed E-state index contributed by atoms with van der Waals surface area (Å²) in [5.41, 5.74) is 0.505. The van der Waals surface area contributed by atoms with Crippen LogP contribution < -0.4 is 16.0 Å². The highest BCUT2D eigenvalue weighted by molar-refractivity contribution is 7.85. The molecule has 3 aromatic rings. The fourth-order valence-corrected chi connectivity index (χ4v) is 5.06. The Bertz CT molecular complexity index is 851. The molecule has 5 heteroatoms. The lowest BCUT2D eigenvalue weighted by Gasteiger charge is -2.19. The third-order valence-electron chi connectivity index (χ3n) is 3.69. The van der Waals surface area contributed by atoms with E-state index in [4.69, 9.17) is 4.74 Å². The van der Waals surface area contributed by atoms with Crippen LogP contribution in [0.4, 0.5) is 0 Å². The summed E-state index contributed by atoms with van der Waals surface area (Å²) in [4.78, 5) is 16.1. The van der Waals surface area contributed by atoms with Gasteiger partial charge in [0.1, 0.15) is 11.1 Å². The largest absolute Gasteiger partial charge is 0.464 e. The van der Waals surface area contributed by atoms with Crippen molar-refractivity contribution in [1.29, 1.82) is 0 Å². The minimum Gasteiger partial charge on any atom is -0.464 e. The van der Waals surface area contributed by atoms with E-state index in [2.05, 4.69) is 4.98 Å². The Morgan fingerprint density at radius 2 is 1.38 bits per heavy atom. The molecule has 24 heavy (non-hydrogen) atoms. The molecule has 0 saturated heterocycles. The molecule has 3 rings (SSSR count). The number of nitrogens with zero attached hydrogens (tertiary/aromatic N) is 1. The van der Waals surface area contributed by atoms with E-state index in [-0.39, 0.29) is 5.69 Å². The number of aromatic nitrogens is 1. The van der Waals surface area contributed by atoms with Gasteiger partial charge in [-0.25, -0.2) is 9.78 Å². The molecule has 1 heterocycles. The first-order chi connectivity index (χ1) is 11.7. The standard InChI is InChI=1S/C19H16NO3P/c1-23-19(21)17-13-8-14-18(20-17)24(22,15-9-4-2-5-10-15)16-11-6-3-7-12-16/h2-14H,1H3. The summed E-state index contributed by atoms with van der Waals surface area (Å²) in [7, 11) is -1.88. The average molecular weight is 337 g/mol. The van der Waals surface area contributed by atoms with Gasteiger partial charge in [-0.05, 0) is 12.1 Å². The van der Waals surface area contributed by atoms with Gasteiger partial charge in [-0.2, -0.15) is 0 Å². The third-order valence-corrected chi connectivity index (χ3v) is 6.64. The summed E-state index contributed by atoms with van der Waals surface area (Å²) in [5.74, 6) is -0.551. The van der Waals surface area contributed by atoms with E-state index in [1.165, 1.54) is 7.11 Å². The molecule has 0 fully saturated rings. The molecule has 4 nitrogen and oxygen atoms in total. The van der Waals surface area contributed by atoms with Crippen molar-refractivity contribution < 1.29 is 14.1 Å². The second kappa shape index (κ2) is 6.81. The van der Waals surface area contributed by atoms with E-state index < -0.39 is 13.1 Å². The normalized spacial score (nSPS) is 11.0. The molecule has 0 atom stereocenters. The number of pyridine rings is 1. The SMILES string of the molecule is COC(=O)c1cccc(P(=O)(c2ccccc2)c2ccccc2)n1. The molecule has 0 unspecified atom stereocenters. The first kappa shape index (κ1) is 16.2. The first-order valence-corrected chi connectivity index (χ1v) is 9.14. The Hall–Kier alpha value is -2.71. The average Bonchev–Trinajstić information content (AvgIpc) is 2.68. The maximum absolute atomic E-state index is 14.1. The highest BCUT2D eigenvalue weighted by Gasteiger charge is 2.31. The van der Waals surface area contributed by atoms with Gasteiger partial charge in [0.05, 0.1) is 7.11 Å². The number of esters is 1.